The van der Waals surface area contributed by atoms with Gasteiger partial charge in [0.25, 0.3) is 0 Å². The van der Waals surface area contributed by atoms with Gasteiger partial charge in [-0.2, -0.15) is 4.98 Å². The number of fused-ring (bicyclic) bond motifs is 1. The first-order valence-electron chi connectivity index (χ1n) is 12.7. The summed E-state index contributed by atoms with van der Waals surface area (Å²) in [6.45, 7) is 9.16. The lowest BCUT2D eigenvalue weighted by molar-refractivity contribution is -0.0236. The number of aliphatic hydroxyl groups is 1. The highest BCUT2D eigenvalue weighted by Gasteiger charge is 2.39. The maximum Gasteiger partial charge on any atom is 0.224 e. The second-order valence-corrected chi connectivity index (χ2v) is 11.1. The number of nitrogens with zero attached hydrogens (tertiary/aromatic N) is 4. The third-order valence-electron chi connectivity index (χ3n) is 7.80. The molecule has 0 amide bonds. The quantitative estimate of drug-likeness (QED) is 0.360. The van der Waals surface area contributed by atoms with Gasteiger partial charge in [0.05, 0.1) is 27.3 Å². The standard InChI is InChI=1S/C26H36N6OS/c1-5-26(33,6-2)18-9-10-19(13-18)30-23-21(15(3)29-25(32-23)28-14-17-7-8-17)24-31-22-16(4)27-12-11-20(22)34-24/h11-12,17-19,33H,5-10,13-14H2,1-4H3,(H2,28,29,30,32). The van der Waals surface area contributed by atoms with Gasteiger partial charge < -0.3 is 15.7 Å². The number of thiazole rings is 1. The number of rotatable bonds is 9. The molecule has 2 aliphatic rings. The van der Waals surface area contributed by atoms with Crippen molar-refractivity contribution in [3.8, 4) is 10.6 Å². The molecule has 0 radical (unpaired) electrons. The van der Waals surface area contributed by atoms with Crippen LogP contribution in [0.5, 0.6) is 0 Å². The molecule has 2 atom stereocenters. The van der Waals surface area contributed by atoms with Gasteiger partial charge in [0.1, 0.15) is 16.3 Å². The number of anilines is 2. The van der Waals surface area contributed by atoms with Crippen LogP contribution in [0.25, 0.3) is 20.8 Å². The SMILES string of the molecule is CCC(O)(CC)C1CCC(Nc2nc(NCC3CC3)nc(C)c2-c2nc3c(C)nccc3s2)C1. The molecule has 34 heavy (non-hydrogen) atoms. The van der Waals surface area contributed by atoms with E-state index in [2.05, 4.69) is 29.5 Å². The maximum atomic E-state index is 11.1. The van der Waals surface area contributed by atoms with Crippen LogP contribution < -0.4 is 10.6 Å². The Kier molecular flexibility index (Phi) is 6.46. The molecular formula is C26H36N6OS. The molecule has 5 rings (SSSR count). The monoisotopic (exact) mass is 480 g/mol. The zero-order valence-electron chi connectivity index (χ0n) is 20.7. The predicted molar refractivity (Wildman–Crippen MR) is 139 cm³/mol. The Morgan fingerprint density at radius 1 is 1.06 bits per heavy atom. The average molecular weight is 481 g/mol. The molecule has 0 aromatic carbocycles. The van der Waals surface area contributed by atoms with Crippen molar-refractivity contribution in [2.75, 3.05) is 17.2 Å². The lowest BCUT2D eigenvalue weighted by atomic mass is 9.81. The van der Waals surface area contributed by atoms with Crippen molar-refractivity contribution < 1.29 is 5.11 Å². The third kappa shape index (κ3) is 4.62. The largest absolute Gasteiger partial charge is 0.390 e. The average Bonchev–Trinajstić information content (AvgIpc) is 3.36. The van der Waals surface area contributed by atoms with Crippen LogP contribution >= 0.6 is 11.3 Å². The summed E-state index contributed by atoms with van der Waals surface area (Å²) in [5.74, 6) is 2.59. The number of hydrogen-bond donors (Lipinski definition) is 3. The van der Waals surface area contributed by atoms with Crippen LogP contribution in [0.3, 0.4) is 0 Å². The van der Waals surface area contributed by atoms with Crippen LogP contribution in [0, 0.1) is 25.7 Å². The third-order valence-corrected chi connectivity index (χ3v) is 8.84. The predicted octanol–water partition coefficient (Wildman–Crippen LogP) is 5.72. The van der Waals surface area contributed by atoms with Crippen molar-refractivity contribution in [1.29, 1.82) is 0 Å². The lowest BCUT2D eigenvalue weighted by Crippen LogP contribution is -2.36. The second-order valence-electron chi connectivity index (χ2n) is 10.1. The van der Waals surface area contributed by atoms with Crippen LogP contribution in [0.2, 0.25) is 0 Å². The Morgan fingerprint density at radius 2 is 1.85 bits per heavy atom. The molecule has 0 spiro atoms. The Morgan fingerprint density at radius 3 is 2.56 bits per heavy atom. The van der Waals surface area contributed by atoms with E-state index in [-0.39, 0.29) is 6.04 Å². The molecule has 2 fully saturated rings. The van der Waals surface area contributed by atoms with E-state index < -0.39 is 5.60 Å². The fourth-order valence-corrected chi connectivity index (χ4v) is 6.39. The number of nitrogens with one attached hydrogen (secondary N) is 2. The van der Waals surface area contributed by atoms with Crippen LogP contribution in [0.15, 0.2) is 12.3 Å². The zero-order valence-corrected chi connectivity index (χ0v) is 21.5. The van der Waals surface area contributed by atoms with Crippen molar-refractivity contribution in [1.82, 2.24) is 19.9 Å². The molecule has 7 nitrogen and oxygen atoms in total. The summed E-state index contributed by atoms with van der Waals surface area (Å²) in [6, 6.07) is 2.30. The van der Waals surface area contributed by atoms with Crippen LogP contribution in [-0.2, 0) is 0 Å². The fourth-order valence-electron chi connectivity index (χ4n) is 5.28. The normalized spacial score (nSPS) is 20.7. The van der Waals surface area contributed by atoms with Gasteiger partial charge in [0, 0.05) is 18.8 Å². The Balaban J connectivity index is 1.47. The number of aryl methyl sites for hydroxylation is 2. The van der Waals surface area contributed by atoms with Gasteiger partial charge >= 0.3 is 0 Å². The molecule has 3 aromatic rings. The van der Waals surface area contributed by atoms with Gasteiger partial charge in [-0.3, -0.25) is 4.98 Å². The zero-order chi connectivity index (χ0) is 23.9. The van der Waals surface area contributed by atoms with Crippen molar-refractivity contribution in [3.05, 3.63) is 23.7 Å². The number of aromatic nitrogens is 4. The van der Waals surface area contributed by atoms with Crippen LogP contribution in [0.1, 0.15) is 70.2 Å². The van der Waals surface area contributed by atoms with E-state index in [0.717, 1.165) is 82.6 Å². The van der Waals surface area contributed by atoms with Crippen molar-refractivity contribution in [2.45, 2.75) is 84.3 Å². The topological polar surface area (TPSA) is 95.8 Å². The van der Waals surface area contributed by atoms with E-state index in [1.54, 1.807) is 11.3 Å². The minimum Gasteiger partial charge on any atom is -0.390 e. The molecule has 2 unspecified atom stereocenters. The van der Waals surface area contributed by atoms with Gasteiger partial charge in [-0.1, -0.05) is 13.8 Å². The molecule has 3 aromatic heterocycles. The number of pyridine rings is 1. The number of hydrogen-bond acceptors (Lipinski definition) is 8. The van der Waals surface area contributed by atoms with Crippen LogP contribution in [-0.4, -0.2) is 43.2 Å². The van der Waals surface area contributed by atoms with Gasteiger partial charge in [0.15, 0.2) is 0 Å². The van der Waals surface area contributed by atoms with E-state index in [1.165, 1.54) is 12.8 Å². The second kappa shape index (κ2) is 9.38. The van der Waals surface area contributed by atoms with Gasteiger partial charge in [-0.05, 0) is 76.7 Å². The van der Waals surface area contributed by atoms with Crippen LogP contribution in [0.4, 0.5) is 11.8 Å². The van der Waals surface area contributed by atoms with Crippen molar-refractivity contribution >= 4 is 33.3 Å². The van der Waals surface area contributed by atoms with Gasteiger partial charge in [0.2, 0.25) is 5.95 Å². The molecule has 182 valence electrons. The van der Waals surface area contributed by atoms with E-state index in [9.17, 15) is 5.11 Å². The Labute approximate surface area is 205 Å². The van der Waals surface area contributed by atoms with E-state index >= 15 is 0 Å². The first-order chi connectivity index (χ1) is 16.4. The molecule has 0 aliphatic heterocycles. The van der Waals surface area contributed by atoms with Gasteiger partial charge in [-0.25, -0.2) is 9.97 Å². The van der Waals surface area contributed by atoms with E-state index in [1.807, 2.05) is 26.1 Å². The summed E-state index contributed by atoms with van der Waals surface area (Å²) < 4.78 is 1.13. The van der Waals surface area contributed by atoms with E-state index in [0.29, 0.717) is 11.9 Å². The Bertz CT molecular complexity index is 1170. The molecule has 2 saturated carbocycles. The molecule has 3 N–H and O–H groups in total. The lowest BCUT2D eigenvalue weighted by Gasteiger charge is -2.32. The van der Waals surface area contributed by atoms with Gasteiger partial charge in [-0.15, -0.1) is 11.3 Å². The molecule has 2 aliphatic carbocycles. The smallest absolute Gasteiger partial charge is 0.224 e. The Hall–Kier alpha value is -2.32. The first kappa shape index (κ1) is 23.4. The minimum atomic E-state index is -0.574. The minimum absolute atomic E-state index is 0.275. The molecule has 8 heteroatoms. The van der Waals surface area contributed by atoms with E-state index in [4.69, 9.17) is 15.0 Å². The summed E-state index contributed by atoms with van der Waals surface area (Å²) in [6.07, 6.45) is 9.03. The first-order valence-corrected chi connectivity index (χ1v) is 13.6. The summed E-state index contributed by atoms with van der Waals surface area (Å²) in [5, 5.41) is 19.2. The van der Waals surface area contributed by atoms with Crippen molar-refractivity contribution in [3.63, 3.8) is 0 Å². The summed E-state index contributed by atoms with van der Waals surface area (Å²) >= 11 is 1.67. The molecule has 0 bridgehead atoms. The molecule has 0 saturated heterocycles. The highest BCUT2D eigenvalue weighted by Crippen LogP contribution is 2.41. The summed E-state index contributed by atoms with van der Waals surface area (Å²) in [5.41, 5.74) is 3.21. The fraction of sp³-hybridized carbons (Fsp3) is 0.615. The summed E-state index contributed by atoms with van der Waals surface area (Å²) in [4.78, 5) is 19.1. The highest BCUT2D eigenvalue weighted by atomic mass is 32.1. The summed E-state index contributed by atoms with van der Waals surface area (Å²) in [7, 11) is 0. The maximum absolute atomic E-state index is 11.1. The highest BCUT2D eigenvalue weighted by molar-refractivity contribution is 7.21. The molecular weight excluding hydrogens is 444 g/mol. The molecule has 3 heterocycles. The van der Waals surface area contributed by atoms with Crippen molar-refractivity contribution in [2.24, 2.45) is 11.8 Å².